The maximum Gasteiger partial charge on any atom is 0.438 e. The van der Waals surface area contributed by atoms with Crippen molar-refractivity contribution in [1.82, 2.24) is 0 Å². The Kier molecular flexibility index (Phi) is 7.63. The predicted molar refractivity (Wildman–Crippen MR) is 107 cm³/mol. The van der Waals surface area contributed by atoms with E-state index >= 15 is 0 Å². The van der Waals surface area contributed by atoms with E-state index in [0.717, 1.165) is 26.2 Å². The molecule has 0 saturated heterocycles. The third-order valence-electron chi connectivity index (χ3n) is 7.65. The second kappa shape index (κ2) is 9.53. The van der Waals surface area contributed by atoms with E-state index in [1.165, 1.54) is 0 Å². The van der Waals surface area contributed by atoms with E-state index in [1.807, 2.05) is 0 Å². The van der Waals surface area contributed by atoms with Gasteiger partial charge in [-0.05, 0) is 63.2 Å². The lowest BCUT2D eigenvalue weighted by Crippen LogP contribution is -2.70. The van der Waals surface area contributed by atoms with Gasteiger partial charge >= 0.3 is 41.8 Å². The largest absolute Gasteiger partial charge is 0.458 e. The highest BCUT2D eigenvalue weighted by Crippen LogP contribution is 2.62. The summed E-state index contributed by atoms with van der Waals surface area (Å²) < 4.78 is 158. The molecule has 1 unspecified atom stereocenters. The second-order valence-corrected chi connectivity index (χ2v) is 10.7. The lowest BCUT2D eigenvalue weighted by atomic mass is 9.49. The smallest absolute Gasteiger partial charge is 0.438 e. The summed E-state index contributed by atoms with van der Waals surface area (Å²) in [5.74, 6) is -15.9. The van der Waals surface area contributed by atoms with Crippen molar-refractivity contribution in [3.8, 4) is 0 Å². The zero-order valence-electron chi connectivity index (χ0n) is 20.0. The van der Waals surface area contributed by atoms with Crippen molar-refractivity contribution in [2.45, 2.75) is 87.8 Å². The average molecular weight is 574 g/mol. The first-order valence-corrected chi connectivity index (χ1v) is 11.7. The Hall–Kier alpha value is -2.09. The second-order valence-electron chi connectivity index (χ2n) is 10.7. The molecule has 0 radical (unpaired) electrons. The Morgan fingerprint density at radius 1 is 0.842 bits per heavy atom. The van der Waals surface area contributed by atoms with Crippen LogP contribution < -0.4 is 0 Å². The minimum atomic E-state index is -7.64. The number of esters is 2. The van der Waals surface area contributed by atoms with Gasteiger partial charge in [-0.15, -0.1) is 0 Å². The number of hydrogen-bond donors (Lipinski definition) is 0. The van der Waals surface area contributed by atoms with Crippen LogP contribution in [0.5, 0.6) is 0 Å². The molecule has 4 aliphatic carbocycles. The summed E-state index contributed by atoms with van der Waals surface area (Å²) in [5.41, 5.74) is -9.17. The molecule has 0 N–H and O–H groups in total. The van der Waals surface area contributed by atoms with Gasteiger partial charge in [0.05, 0.1) is 11.8 Å². The van der Waals surface area contributed by atoms with Crippen molar-refractivity contribution in [3.63, 3.8) is 0 Å². The van der Waals surface area contributed by atoms with Crippen LogP contribution in [-0.2, 0) is 19.1 Å². The number of halogens is 11. The van der Waals surface area contributed by atoms with Gasteiger partial charge in [0.25, 0.3) is 0 Å². The fourth-order valence-corrected chi connectivity index (χ4v) is 6.25. The number of carbonyl (C=O) groups is 2. The monoisotopic (exact) mass is 574 g/mol. The molecule has 4 rings (SSSR count). The summed E-state index contributed by atoms with van der Waals surface area (Å²) in [5, 5.41) is 0. The highest BCUT2D eigenvalue weighted by atomic mass is 19.4. The molecular formula is C23H25F11O4. The van der Waals surface area contributed by atoms with Crippen molar-refractivity contribution < 1.29 is 67.4 Å². The Labute approximate surface area is 209 Å². The van der Waals surface area contributed by atoms with Crippen molar-refractivity contribution >= 4 is 11.9 Å². The van der Waals surface area contributed by atoms with E-state index in [-0.39, 0.29) is 42.6 Å². The van der Waals surface area contributed by atoms with Gasteiger partial charge in [-0.1, -0.05) is 6.58 Å². The maximum atomic E-state index is 14.6. The van der Waals surface area contributed by atoms with Crippen LogP contribution in [0.1, 0.15) is 51.9 Å². The molecule has 0 aromatic carbocycles. The van der Waals surface area contributed by atoms with E-state index in [2.05, 4.69) is 11.3 Å². The molecule has 4 saturated carbocycles. The Bertz CT molecular complexity index is 905. The van der Waals surface area contributed by atoms with E-state index in [1.54, 1.807) is 0 Å². The summed E-state index contributed by atoms with van der Waals surface area (Å²) in [7, 11) is 0. The van der Waals surface area contributed by atoms with Gasteiger partial charge < -0.3 is 9.47 Å². The number of alkyl halides is 11. The van der Waals surface area contributed by atoms with Gasteiger partial charge in [-0.25, -0.2) is 9.18 Å². The molecule has 0 aromatic rings. The third-order valence-corrected chi connectivity index (χ3v) is 7.65. The van der Waals surface area contributed by atoms with Crippen LogP contribution >= 0.6 is 0 Å². The van der Waals surface area contributed by atoms with Crippen LogP contribution in [0.4, 0.5) is 48.3 Å². The van der Waals surface area contributed by atoms with Gasteiger partial charge in [0.15, 0.2) is 0 Å². The minimum absolute atomic E-state index is 0.102. The van der Waals surface area contributed by atoms with Crippen molar-refractivity contribution in [1.29, 1.82) is 0 Å². The van der Waals surface area contributed by atoms with Gasteiger partial charge in [0.2, 0.25) is 0 Å². The van der Waals surface area contributed by atoms with Crippen LogP contribution in [0.15, 0.2) is 12.2 Å². The molecule has 0 aliphatic heterocycles. The van der Waals surface area contributed by atoms with E-state index < -0.39 is 66.4 Å². The van der Waals surface area contributed by atoms with Crippen LogP contribution in [0, 0.1) is 23.2 Å². The summed E-state index contributed by atoms with van der Waals surface area (Å²) in [6.45, 7) is 2.84. The fourth-order valence-electron chi connectivity index (χ4n) is 6.25. The third kappa shape index (κ3) is 5.09. The van der Waals surface area contributed by atoms with Gasteiger partial charge in [0.1, 0.15) is 12.7 Å². The molecular weight excluding hydrogens is 549 g/mol. The van der Waals surface area contributed by atoms with Crippen LogP contribution in [0.2, 0.25) is 0 Å². The predicted octanol–water partition coefficient (Wildman–Crippen LogP) is 6.73. The first kappa shape index (κ1) is 30.5. The zero-order valence-corrected chi connectivity index (χ0v) is 20.0. The van der Waals surface area contributed by atoms with Gasteiger partial charge in [-0.3, -0.25) is 4.79 Å². The molecule has 0 spiro atoms. The standard InChI is InChI=1S/C23H25F11O4/c1-11(2)16(35)37-10-15(38-17(36)18-6-12-3-13(7-18)5-14(4-12)8-18)9-19(24,25)21(27,28)20(26,22(29,30)31)23(32,33)34/h12-15H,1,3-10H2,2H3. The minimum Gasteiger partial charge on any atom is -0.458 e. The van der Waals surface area contributed by atoms with Gasteiger partial charge in [-0.2, -0.15) is 43.9 Å². The lowest BCUT2D eigenvalue weighted by molar-refractivity contribution is -0.428. The molecule has 4 aliphatic rings. The zero-order chi connectivity index (χ0) is 29.1. The van der Waals surface area contributed by atoms with E-state index in [0.29, 0.717) is 0 Å². The highest BCUT2D eigenvalue weighted by molar-refractivity contribution is 5.87. The van der Waals surface area contributed by atoms with E-state index in [4.69, 9.17) is 4.74 Å². The Balaban J connectivity index is 1.90. The average Bonchev–Trinajstić information content (AvgIpc) is 2.73. The van der Waals surface area contributed by atoms with Crippen molar-refractivity contribution in [2.75, 3.05) is 6.61 Å². The van der Waals surface area contributed by atoms with Crippen LogP contribution in [0.25, 0.3) is 0 Å². The topological polar surface area (TPSA) is 52.6 Å². The first-order valence-electron chi connectivity index (χ1n) is 11.7. The van der Waals surface area contributed by atoms with Crippen molar-refractivity contribution in [3.05, 3.63) is 12.2 Å². The van der Waals surface area contributed by atoms with Gasteiger partial charge in [0, 0.05) is 5.57 Å². The molecule has 218 valence electrons. The SMILES string of the molecule is C=C(C)C(=O)OCC(CC(F)(F)C(F)(F)C(F)(C(F)(F)F)C(F)(F)F)OC(=O)C12CC3CC(CC(C3)C1)C2. The summed E-state index contributed by atoms with van der Waals surface area (Å²) in [6.07, 6.45) is -17.0. The quantitative estimate of drug-likeness (QED) is 0.174. The van der Waals surface area contributed by atoms with Crippen LogP contribution in [0.3, 0.4) is 0 Å². The summed E-state index contributed by atoms with van der Waals surface area (Å²) >= 11 is 0. The number of carbonyl (C=O) groups excluding carboxylic acids is 2. The maximum absolute atomic E-state index is 14.6. The molecule has 15 heteroatoms. The molecule has 0 heterocycles. The fraction of sp³-hybridized carbons (Fsp3) is 0.826. The molecule has 4 fully saturated rings. The molecule has 0 amide bonds. The highest BCUT2D eigenvalue weighted by Gasteiger charge is 2.90. The number of rotatable bonds is 9. The molecule has 1 atom stereocenters. The molecule has 38 heavy (non-hydrogen) atoms. The Morgan fingerprint density at radius 3 is 1.63 bits per heavy atom. The first-order chi connectivity index (χ1) is 17.1. The summed E-state index contributed by atoms with van der Waals surface area (Å²) in [4.78, 5) is 24.8. The molecule has 4 bridgehead atoms. The number of hydrogen-bond acceptors (Lipinski definition) is 4. The van der Waals surface area contributed by atoms with Crippen LogP contribution in [-0.4, -0.2) is 54.5 Å². The molecule has 4 nitrogen and oxygen atoms in total. The number of ether oxygens (including phenoxy) is 2. The lowest BCUT2D eigenvalue weighted by Gasteiger charge is -2.55. The Morgan fingerprint density at radius 2 is 1.26 bits per heavy atom. The van der Waals surface area contributed by atoms with Crippen molar-refractivity contribution in [2.24, 2.45) is 23.2 Å². The molecule has 0 aromatic heterocycles. The summed E-state index contributed by atoms with van der Waals surface area (Å²) in [6, 6.07) is 0. The normalized spacial score (nSPS) is 28.7. The van der Waals surface area contributed by atoms with E-state index in [9.17, 15) is 57.9 Å².